The first kappa shape index (κ1) is 32.2. The summed E-state index contributed by atoms with van der Waals surface area (Å²) in [5.41, 5.74) is -1.10. The fourth-order valence-electron chi connectivity index (χ4n) is 4.41. The van der Waals surface area contributed by atoms with Crippen LogP contribution in [-0.2, 0) is 39.6 Å². The van der Waals surface area contributed by atoms with Gasteiger partial charge in [-0.1, -0.05) is 44.2 Å². The van der Waals surface area contributed by atoms with Crippen molar-refractivity contribution in [3.63, 3.8) is 0 Å². The summed E-state index contributed by atoms with van der Waals surface area (Å²) in [5.74, 6) is -4.15. The molecule has 14 heteroatoms. The Morgan fingerprint density at radius 1 is 1.07 bits per heavy atom. The molecule has 0 spiro atoms. The van der Waals surface area contributed by atoms with Gasteiger partial charge in [-0.05, 0) is 17.9 Å². The highest BCUT2D eigenvalue weighted by Gasteiger charge is 2.58. The van der Waals surface area contributed by atoms with Crippen molar-refractivity contribution in [2.45, 2.75) is 57.1 Å². The first-order chi connectivity index (χ1) is 19.9. The minimum Gasteiger partial charge on any atom is -0.506 e. The van der Waals surface area contributed by atoms with E-state index in [1.165, 1.54) is 37.6 Å². The van der Waals surface area contributed by atoms with Crippen LogP contribution in [0.15, 0.2) is 48.9 Å². The minimum atomic E-state index is -1.93. The van der Waals surface area contributed by atoms with Crippen LogP contribution < -0.4 is 10.6 Å². The predicted octanol–water partition coefficient (Wildman–Crippen LogP) is 0.730. The molecule has 42 heavy (non-hydrogen) atoms. The van der Waals surface area contributed by atoms with Crippen molar-refractivity contribution in [3.05, 3.63) is 60.2 Å². The van der Waals surface area contributed by atoms with Crippen LogP contribution in [0.1, 0.15) is 49.2 Å². The van der Waals surface area contributed by atoms with E-state index in [4.69, 9.17) is 14.0 Å². The van der Waals surface area contributed by atoms with Crippen LogP contribution in [-0.4, -0.2) is 90.4 Å². The number of ether oxygens (including phenoxy) is 1. The fraction of sp³-hybridized carbons (Fsp3) is 0.464. The maximum Gasteiger partial charge on any atom is 0.552 e. The maximum atomic E-state index is 13.7. The number of benzene rings is 1. The standard InChI is InChI=1S/C28H36BN5O8/c1-18(2)13-22(29-41-27(39)28(42-29,16-24(36)40-5)15-23(35)34(3)4)33-25(37)20(14-19-9-7-6-8-10-19)32-26(38)21-17-30-11-12-31-21/h6-12,17-18,20,22H,13-16H2,1-5H3,(H,32,38)(H,33,37)/t20-,22-,28-/m0/s1. The Hall–Kier alpha value is -4.33. The van der Waals surface area contributed by atoms with Gasteiger partial charge in [0.25, 0.3) is 5.91 Å². The van der Waals surface area contributed by atoms with Gasteiger partial charge in [0.05, 0.1) is 32.1 Å². The van der Waals surface area contributed by atoms with Crippen LogP contribution >= 0.6 is 0 Å². The molecule has 3 atom stereocenters. The molecule has 2 aromatic rings. The van der Waals surface area contributed by atoms with Crippen molar-refractivity contribution in [2.24, 2.45) is 5.92 Å². The lowest BCUT2D eigenvalue weighted by atomic mass is 9.73. The molecule has 0 aliphatic carbocycles. The third kappa shape index (κ3) is 8.59. The van der Waals surface area contributed by atoms with Crippen molar-refractivity contribution < 1.29 is 38.0 Å². The Kier molecular flexibility index (Phi) is 11.1. The molecule has 1 aromatic carbocycles. The van der Waals surface area contributed by atoms with Gasteiger partial charge in [-0.3, -0.25) is 29.0 Å². The number of amides is 3. The van der Waals surface area contributed by atoms with Gasteiger partial charge in [0, 0.05) is 32.9 Å². The molecule has 0 bridgehead atoms. The summed E-state index contributed by atoms with van der Waals surface area (Å²) in [4.78, 5) is 73.8. The fourth-order valence-corrected chi connectivity index (χ4v) is 4.41. The zero-order valence-electron chi connectivity index (χ0n) is 24.4. The number of methoxy groups -OCH3 is 1. The van der Waals surface area contributed by atoms with E-state index in [0.29, 0.717) is 6.42 Å². The first-order valence-corrected chi connectivity index (χ1v) is 13.5. The van der Waals surface area contributed by atoms with E-state index in [0.717, 1.165) is 12.7 Å². The third-order valence-corrected chi connectivity index (χ3v) is 6.61. The number of hydrogen-bond donors (Lipinski definition) is 2. The number of rotatable bonds is 13. The largest absolute Gasteiger partial charge is 0.552 e. The zero-order valence-corrected chi connectivity index (χ0v) is 24.4. The summed E-state index contributed by atoms with van der Waals surface area (Å²) in [6.07, 6.45) is 3.54. The molecular weight excluding hydrogens is 545 g/mol. The molecule has 0 saturated carbocycles. The van der Waals surface area contributed by atoms with Gasteiger partial charge < -0.3 is 29.6 Å². The molecule has 0 radical (unpaired) electrons. The molecule has 13 nitrogen and oxygen atoms in total. The summed E-state index contributed by atoms with van der Waals surface area (Å²) < 4.78 is 16.3. The van der Waals surface area contributed by atoms with Crippen LogP contribution in [0.3, 0.4) is 0 Å². The topological polar surface area (TPSA) is 166 Å². The number of nitrogens with one attached hydrogen (secondary N) is 2. The highest BCUT2D eigenvalue weighted by atomic mass is 16.7. The summed E-state index contributed by atoms with van der Waals surface area (Å²) in [5, 5.41) is 5.58. The molecule has 1 aliphatic rings. The van der Waals surface area contributed by atoms with Crippen molar-refractivity contribution in [1.82, 2.24) is 25.5 Å². The van der Waals surface area contributed by atoms with E-state index in [1.807, 2.05) is 44.2 Å². The van der Waals surface area contributed by atoms with Gasteiger partial charge in [-0.2, -0.15) is 0 Å². The summed E-state index contributed by atoms with van der Waals surface area (Å²) in [6.45, 7) is 3.81. The lowest BCUT2D eigenvalue weighted by molar-refractivity contribution is -0.157. The number of carbonyl (C=O) groups excluding carboxylic acids is 5. The second-order valence-electron chi connectivity index (χ2n) is 10.7. The number of aromatic nitrogens is 2. The predicted molar refractivity (Wildman–Crippen MR) is 150 cm³/mol. The van der Waals surface area contributed by atoms with Crippen molar-refractivity contribution in [3.8, 4) is 0 Å². The second-order valence-corrected chi connectivity index (χ2v) is 10.7. The second kappa shape index (κ2) is 14.5. The Labute approximate surface area is 244 Å². The number of esters is 1. The molecule has 1 aliphatic heterocycles. The molecule has 2 N–H and O–H groups in total. The zero-order chi connectivity index (χ0) is 30.9. The molecule has 224 valence electrons. The van der Waals surface area contributed by atoms with E-state index in [-0.39, 0.29) is 18.0 Å². The normalized spacial score (nSPS) is 17.7. The molecule has 0 unspecified atom stereocenters. The molecule has 1 aromatic heterocycles. The highest BCUT2D eigenvalue weighted by Crippen LogP contribution is 2.33. The molecule has 3 amide bonds. The van der Waals surface area contributed by atoms with Crippen LogP contribution in [0.4, 0.5) is 0 Å². The molecular formula is C28H36BN5O8. The van der Waals surface area contributed by atoms with E-state index >= 15 is 0 Å². The number of nitrogens with zero attached hydrogens (tertiary/aromatic N) is 3. The quantitative estimate of drug-likeness (QED) is 0.254. The van der Waals surface area contributed by atoms with Crippen molar-refractivity contribution >= 4 is 36.8 Å². The smallest absolute Gasteiger partial charge is 0.506 e. The van der Waals surface area contributed by atoms with Gasteiger partial charge in [-0.15, -0.1) is 0 Å². The van der Waals surface area contributed by atoms with Crippen molar-refractivity contribution in [1.29, 1.82) is 0 Å². The minimum absolute atomic E-state index is 0.0124. The molecule has 3 rings (SSSR count). The van der Waals surface area contributed by atoms with Gasteiger partial charge in [-0.25, -0.2) is 4.98 Å². The monoisotopic (exact) mass is 581 g/mol. The van der Waals surface area contributed by atoms with E-state index in [9.17, 15) is 24.0 Å². The Bertz CT molecular complexity index is 1260. The summed E-state index contributed by atoms with van der Waals surface area (Å²) >= 11 is 0. The Balaban J connectivity index is 1.87. The van der Waals surface area contributed by atoms with Gasteiger partial charge in [0.2, 0.25) is 11.8 Å². The third-order valence-electron chi connectivity index (χ3n) is 6.61. The van der Waals surface area contributed by atoms with Crippen LogP contribution in [0, 0.1) is 5.92 Å². The van der Waals surface area contributed by atoms with Gasteiger partial charge in [0.15, 0.2) is 5.60 Å². The van der Waals surface area contributed by atoms with Gasteiger partial charge >= 0.3 is 19.1 Å². The summed E-state index contributed by atoms with van der Waals surface area (Å²) in [6, 6.07) is 8.08. The SMILES string of the molecule is COC(=O)C[C@]1(CC(=O)N(C)C)OB([C@H](CC(C)C)NC(=O)[C@H](Cc2ccccc2)NC(=O)c2cnccn2)OC1=O. The average molecular weight is 581 g/mol. The Morgan fingerprint density at radius 3 is 2.38 bits per heavy atom. The maximum absolute atomic E-state index is 13.7. The van der Waals surface area contributed by atoms with Crippen LogP contribution in [0.2, 0.25) is 0 Å². The lowest BCUT2D eigenvalue weighted by Gasteiger charge is -2.27. The van der Waals surface area contributed by atoms with Gasteiger partial charge in [0.1, 0.15) is 11.7 Å². The van der Waals surface area contributed by atoms with Crippen LogP contribution in [0.5, 0.6) is 0 Å². The van der Waals surface area contributed by atoms with E-state index in [1.54, 1.807) is 0 Å². The summed E-state index contributed by atoms with van der Waals surface area (Å²) in [7, 11) is 2.87. The lowest BCUT2D eigenvalue weighted by Crippen LogP contribution is -2.56. The van der Waals surface area contributed by atoms with E-state index < -0.39 is 67.2 Å². The van der Waals surface area contributed by atoms with E-state index in [2.05, 4.69) is 20.6 Å². The van der Waals surface area contributed by atoms with Crippen molar-refractivity contribution in [2.75, 3.05) is 21.2 Å². The molecule has 1 saturated heterocycles. The van der Waals surface area contributed by atoms with Crippen LogP contribution in [0.25, 0.3) is 0 Å². The Morgan fingerprint density at radius 2 is 1.79 bits per heavy atom. The number of carbonyl (C=O) groups is 5. The molecule has 2 heterocycles. The first-order valence-electron chi connectivity index (χ1n) is 13.5. The highest BCUT2D eigenvalue weighted by molar-refractivity contribution is 6.51. The average Bonchev–Trinajstić information content (AvgIpc) is 3.27. The number of hydrogen-bond acceptors (Lipinski definition) is 10. The molecule has 1 fully saturated rings.